The molecular weight excluding hydrogens is 250 g/mol. The van der Waals surface area contributed by atoms with Gasteiger partial charge in [-0.15, -0.1) is 0 Å². The van der Waals surface area contributed by atoms with Gasteiger partial charge in [-0.3, -0.25) is 4.98 Å². The van der Waals surface area contributed by atoms with Gasteiger partial charge in [0.25, 0.3) is 6.43 Å². The molecule has 0 fully saturated rings. The Labute approximate surface area is 110 Å². The fourth-order valence-corrected chi connectivity index (χ4v) is 1.61. The Balaban J connectivity index is 2.13. The molecule has 0 saturated carbocycles. The lowest BCUT2D eigenvalue weighted by Gasteiger charge is -2.18. The fourth-order valence-electron chi connectivity index (χ4n) is 1.61. The molecule has 0 N–H and O–H groups in total. The molecule has 0 aromatic carbocycles. The molecule has 0 saturated heterocycles. The highest BCUT2D eigenvalue weighted by Crippen LogP contribution is 2.19. The van der Waals surface area contributed by atoms with E-state index < -0.39 is 6.43 Å². The van der Waals surface area contributed by atoms with Gasteiger partial charge in [0.1, 0.15) is 17.8 Å². The molecule has 0 spiro atoms. The van der Waals surface area contributed by atoms with E-state index in [4.69, 9.17) is 0 Å². The van der Waals surface area contributed by atoms with Crippen LogP contribution in [0.3, 0.4) is 0 Å². The second-order valence-electron chi connectivity index (χ2n) is 4.28. The van der Waals surface area contributed by atoms with E-state index in [1.54, 1.807) is 18.1 Å². The third-order valence-electron chi connectivity index (χ3n) is 2.66. The summed E-state index contributed by atoms with van der Waals surface area (Å²) in [7, 11) is 1.78. The van der Waals surface area contributed by atoms with Crippen molar-refractivity contribution in [3.8, 4) is 0 Å². The molecule has 19 heavy (non-hydrogen) atoms. The number of hydrogen-bond donors (Lipinski definition) is 0. The zero-order chi connectivity index (χ0) is 13.8. The molecule has 0 aliphatic rings. The van der Waals surface area contributed by atoms with Gasteiger partial charge in [0, 0.05) is 19.3 Å². The van der Waals surface area contributed by atoms with Crippen molar-refractivity contribution in [3.05, 3.63) is 47.7 Å². The van der Waals surface area contributed by atoms with Gasteiger partial charge in [-0.2, -0.15) is 0 Å². The van der Waals surface area contributed by atoms with E-state index in [1.807, 2.05) is 19.1 Å². The van der Waals surface area contributed by atoms with E-state index in [0.717, 1.165) is 17.6 Å². The number of halogens is 2. The van der Waals surface area contributed by atoms with Crippen molar-refractivity contribution < 1.29 is 8.78 Å². The molecular formula is C13H14F2N4. The molecule has 0 radical (unpaired) electrons. The highest BCUT2D eigenvalue weighted by molar-refractivity contribution is 5.38. The Kier molecular flexibility index (Phi) is 3.99. The highest BCUT2D eigenvalue weighted by Gasteiger charge is 2.12. The van der Waals surface area contributed by atoms with Crippen molar-refractivity contribution in [2.75, 3.05) is 11.9 Å². The fraction of sp³-hybridized carbons (Fsp3) is 0.308. The molecule has 0 aliphatic heterocycles. The maximum Gasteiger partial charge on any atom is 0.280 e. The molecule has 0 amide bonds. The first kappa shape index (κ1) is 13.3. The van der Waals surface area contributed by atoms with Gasteiger partial charge in [-0.25, -0.2) is 18.7 Å². The Morgan fingerprint density at radius 2 is 2.00 bits per heavy atom. The molecule has 2 aromatic rings. The maximum atomic E-state index is 12.6. The molecule has 0 atom stereocenters. The van der Waals surface area contributed by atoms with Crippen molar-refractivity contribution in [2.24, 2.45) is 0 Å². The van der Waals surface area contributed by atoms with Crippen LogP contribution in [-0.4, -0.2) is 22.0 Å². The van der Waals surface area contributed by atoms with E-state index in [2.05, 4.69) is 15.0 Å². The average Bonchev–Trinajstić information content (AvgIpc) is 2.41. The van der Waals surface area contributed by atoms with Gasteiger partial charge in [-0.05, 0) is 18.6 Å². The number of nitrogens with zero attached hydrogens (tertiary/aromatic N) is 4. The lowest BCUT2D eigenvalue weighted by Crippen LogP contribution is -2.19. The van der Waals surface area contributed by atoms with Gasteiger partial charge in [0.2, 0.25) is 0 Å². The number of pyridine rings is 1. The van der Waals surface area contributed by atoms with Gasteiger partial charge in [0.05, 0.1) is 12.2 Å². The largest absolute Gasteiger partial charge is 0.354 e. The Morgan fingerprint density at radius 3 is 2.63 bits per heavy atom. The van der Waals surface area contributed by atoms with Crippen molar-refractivity contribution in [1.82, 2.24) is 15.0 Å². The molecule has 6 heteroatoms. The summed E-state index contributed by atoms with van der Waals surface area (Å²) in [4.78, 5) is 13.5. The van der Waals surface area contributed by atoms with Crippen molar-refractivity contribution >= 4 is 5.82 Å². The third kappa shape index (κ3) is 3.43. The van der Waals surface area contributed by atoms with Crippen LogP contribution in [0, 0.1) is 6.92 Å². The van der Waals surface area contributed by atoms with Crippen LogP contribution in [-0.2, 0) is 6.54 Å². The third-order valence-corrected chi connectivity index (χ3v) is 2.66. The van der Waals surface area contributed by atoms with E-state index >= 15 is 0 Å². The van der Waals surface area contributed by atoms with Crippen LogP contribution in [0.5, 0.6) is 0 Å². The average molecular weight is 264 g/mol. The predicted octanol–water partition coefficient (Wildman–Crippen LogP) is 2.75. The lowest BCUT2D eigenvalue weighted by molar-refractivity contribution is 0.146. The topological polar surface area (TPSA) is 41.9 Å². The van der Waals surface area contributed by atoms with Gasteiger partial charge in [-0.1, -0.05) is 6.07 Å². The van der Waals surface area contributed by atoms with Crippen LogP contribution in [0.4, 0.5) is 14.6 Å². The monoisotopic (exact) mass is 264 g/mol. The minimum absolute atomic E-state index is 0.270. The van der Waals surface area contributed by atoms with Gasteiger partial charge in [0.15, 0.2) is 0 Å². The SMILES string of the molecule is Cc1ccc(CN(C)c2cc(C(F)F)ncn2)nc1. The highest BCUT2D eigenvalue weighted by atomic mass is 19.3. The van der Waals surface area contributed by atoms with Crippen LogP contribution < -0.4 is 4.90 Å². The molecule has 0 aliphatic carbocycles. The summed E-state index contributed by atoms with van der Waals surface area (Å²) < 4.78 is 25.1. The van der Waals surface area contributed by atoms with Crippen LogP contribution in [0.2, 0.25) is 0 Å². The minimum Gasteiger partial charge on any atom is -0.354 e. The number of hydrogen-bond acceptors (Lipinski definition) is 4. The second kappa shape index (κ2) is 5.69. The Hall–Kier alpha value is -2.11. The van der Waals surface area contributed by atoms with E-state index in [9.17, 15) is 8.78 Å². The molecule has 2 heterocycles. The first-order valence-corrected chi connectivity index (χ1v) is 5.79. The van der Waals surface area contributed by atoms with Gasteiger partial charge >= 0.3 is 0 Å². The van der Waals surface area contributed by atoms with Crippen LogP contribution in [0.1, 0.15) is 23.4 Å². The summed E-state index contributed by atoms with van der Waals surface area (Å²) in [5.74, 6) is 0.452. The standard InChI is InChI=1S/C13H14F2N4/c1-9-3-4-10(16-6-9)7-19(2)12-5-11(13(14)15)17-8-18-12/h3-6,8,13H,7H2,1-2H3. The van der Waals surface area contributed by atoms with Crippen LogP contribution in [0.15, 0.2) is 30.7 Å². The smallest absolute Gasteiger partial charge is 0.280 e. The second-order valence-corrected chi connectivity index (χ2v) is 4.28. The molecule has 100 valence electrons. The first-order valence-electron chi connectivity index (χ1n) is 5.79. The Bertz CT molecular complexity index is 543. The number of rotatable bonds is 4. The summed E-state index contributed by atoms with van der Waals surface area (Å²) in [6.07, 6.45) is 0.330. The number of anilines is 1. The van der Waals surface area contributed by atoms with Crippen molar-refractivity contribution in [2.45, 2.75) is 19.9 Å². The lowest BCUT2D eigenvalue weighted by atomic mass is 10.2. The Morgan fingerprint density at radius 1 is 1.21 bits per heavy atom. The molecule has 0 bridgehead atoms. The molecule has 4 nitrogen and oxygen atoms in total. The summed E-state index contributed by atoms with van der Waals surface area (Å²) in [5.41, 5.74) is 1.66. The number of aryl methyl sites for hydroxylation is 1. The van der Waals surface area contributed by atoms with E-state index in [1.165, 1.54) is 6.07 Å². The first-order chi connectivity index (χ1) is 9.06. The van der Waals surface area contributed by atoms with Gasteiger partial charge < -0.3 is 4.90 Å². The molecule has 2 aromatic heterocycles. The molecule has 0 unspecified atom stereocenters. The zero-order valence-electron chi connectivity index (χ0n) is 10.7. The predicted molar refractivity (Wildman–Crippen MR) is 68.1 cm³/mol. The number of alkyl halides is 2. The van der Waals surface area contributed by atoms with Crippen LogP contribution >= 0.6 is 0 Å². The zero-order valence-corrected chi connectivity index (χ0v) is 10.7. The van der Waals surface area contributed by atoms with Crippen molar-refractivity contribution in [1.29, 1.82) is 0 Å². The summed E-state index contributed by atoms with van der Waals surface area (Å²) in [6, 6.07) is 5.15. The van der Waals surface area contributed by atoms with Crippen molar-refractivity contribution in [3.63, 3.8) is 0 Å². The quantitative estimate of drug-likeness (QED) is 0.851. The summed E-state index contributed by atoms with van der Waals surface area (Å²) >= 11 is 0. The molecule has 2 rings (SSSR count). The van der Waals surface area contributed by atoms with E-state index in [-0.39, 0.29) is 5.69 Å². The summed E-state index contributed by atoms with van der Waals surface area (Å²) in [5, 5.41) is 0. The normalized spacial score (nSPS) is 10.8. The van der Waals surface area contributed by atoms with E-state index in [0.29, 0.717) is 12.4 Å². The number of aromatic nitrogens is 3. The summed E-state index contributed by atoms with van der Waals surface area (Å²) in [6.45, 7) is 2.46. The minimum atomic E-state index is -2.59. The maximum absolute atomic E-state index is 12.6. The van der Waals surface area contributed by atoms with Crippen LogP contribution in [0.25, 0.3) is 0 Å².